The molecule has 1 aliphatic rings. The molecule has 138 valence electrons. The van der Waals surface area contributed by atoms with E-state index in [1.165, 1.54) is 0 Å². The van der Waals surface area contributed by atoms with Gasteiger partial charge in [0, 0.05) is 39.5 Å². The molecular weight excluding hydrogens is 332 g/mol. The van der Waals surface area contributed by atoms with Gasteiger partial charge in [0.2, 0.25) is 5.95 Å². The van der Waals surface area contributed by atoms with E-state index in [0.717, 1.165) is 36.4 Å². The fraction of sp³-hybridized carbons (Fsp3) is 0.529. The molecule has 3 aromatic rings. The molecule has 0 amide bonds. The molecule has 0 bridgehead atoms. The van der Waals surface area contributed by atoms with E-state index in [1.54, 1.807) is 18.0 Å². The Labute approximate surface area is 152 Å². The van der Waals surface area contributed by atoms with Crippen LogP contribution in [0.5, 0.6) is 0 Å². The predicted octanol–water partition coefficient (Wildman–Crippen LogP) is 2.11. The third kappa shape index (κ3) is 2.98. The first-order valence-corrected chi connectivity index (χ1v) is 8.83. The Bertz CT molecular complexity index is 915. The average Bonchev–Trinajstić information content (AvgIpc) is 3.33. The van der Waals surface area contributed by atoms with Crippen LogP contribution in [-0.2, 0) is 11.8 Å². The number of anilines is 3. The van der Waals surface area contributed by atoms with Gasteiger partial charge in [0.1, 0.15) is 0 Å². The van der Waals surface area contributed by atoms with Gasteiger partial charge in [0.25, 0.3) is 0 Å². The van der Waals surface area contributed by atoms with Crippen molar-refractivity contribution in [1.29, 1.82) is 0 Å². The topological polar surface area (TPSA) is 85.9 Å². The van der Waals surface area contributed by atoms with E-state index in [1.807, 2.05) is 19.6 Å². The highest BCUT2D eigenvalue weighted by Gasteiger charge is 2.26. The Balaban J connectivity index is 1.78. The SMILES string of the molecule is COC1CCN(c2nc(Nc3cnn(C)c3)c3ncn(C(C)C)c3n2)C1. The van der Waals surface area contributed by atoms with Crippen LogP contribution in [0.25, 0.3) is 11.2 Å². The van der Waals surface area contributed by atoms with Gasteiger partial charge in [-0.15, -0.1) is 0 Å². The van der Waals surface area contributed by atoms with Crippen LogP contribution >= 0.6 is 0 Å². The average molecular weight is 356 g/mol. The Morgan fingerprint density at radius 3 is 2.81 bits per heavy atom. The van der Waals surface area contributed by atoms with Crippen molar-refractivity contribution in [2.45, 2.75) is 32.4 Å². The van der Waals surface area contributed by atoms with Crippen molar-refractivity contribution in [3.05, 3.63) is 18.7 Å². The van der Waals surface area contributed by atoms with Crippen LogP contribution in [0.15, 0.2) is 18.7 Å². The standard InChI is InChI=1S/C17H24N8O/c1-11(2)25-10-18-14-15(20-12-7-19-23(3)8-12)21-17(22-16(14)25)24-6-5-13(9-24)26-4/h7-8,10-11,13H,5-6,9H2,1-4H3,(H,20,21,22). The van der Waals surface area contributed by atoms with Gasteiger partial charge in [-0.05, 0) is 20.3 Å². The van der Waals surface area contributed by atoms with Crippen molar-refractivity contribution >= 4 is 28.6 Å². The zero-order valence-corrected chi connectivity index (χ0v) is 15.5. The maximum atomic E-state index is 5.48. The smallest absolute Gasteiger partial charge is 0.229 e. The highest BCUT2D eigenvalue weighted by molar-refractivity contribution is 5.86. The van der Waals surface area contributed by atoms with Gasteiger partial charge in [-0.2, -0.15) is 15.1 Å². The van der Waals surface area contributed by atoms with Crippen molar-refractivity contribution in [2.24, 2.45) is 7.05 Å². The van der Waals surface area contributed by atoms with E-state index in [2.05, 4.69) is 38.7 Å². The molecule has 1 unspecified atom stereocenters. The maximum absolute atomic E-state index is 5.48. The summed E-state index contributed by atoms with van der Waals surface area (Å²) in [5.41, 5.74) is 2.46. The molecule has 9 nitrogen and oxygen atoms in total. The van der Waals surface area contributed by atoms with Crippen LogP contribution in [0.3, 0.4) is 0 Å². The van der Waals surface area contributed by atoms with Gasteiger partial charge in [0.05, 0.1) is 24.3 Å². The number of hydrogen-bond acceptors (Lipinski definition) is 7. The van der Waals surface area contributed by atoms with Crippen LogP contribution in [0.2, 0.25) is 0 Å². The molecule has 26 heavy (non-hydrogen) atoms. The minimum Gasteiger partial charge on any atom is -0.380 e. The van der Waals surface area contributed by atoms with Crippen LogP contribution in [-0.4, -0.2) is 55.6 Å². The lowest BCUT2D eigenvalue weighted by Gasteiger charge is -2.18. The number of hydrogen-bond donors (Lipinski definition) is 1. The first-order valence-electron chi connectivity index (χ1n) is 8.83. The number of aromatic nitrogens is 6. The summed E-state index contributed by atoms with van der Waals surface area (Å²) in [6.45, 7) is 5.91. The van der Waals surface area contributed by atoms with Gasteiger partial charge >= 0.3 is 0 Å². The van der Waals surface area contributed by atoms with Crippen LogP contribution in [0.4, 0.5) is 17.5 Å². The summed E-state index contributed by atoms with van der Waals surface area (Å²) in [7, 11) is 3.64. The van der Waals surface area contributed by atoms with Gasteiger partial charge in [0.15, 0.2) is 17.0 Å². The summed E-state index contributed by atoms with van der Waals surface area (Å²) in [6, 6.07) is 0.263. The molecule has 0 saturated carbocycles. The molecule has 4 rings (SSSR count). The van der Waals surface area contributed by atoms with Crippen LogP contribution in [0.1, 0.15) is 26.3 Å². The van der Waals surface area contributed by atoms with Gasteiger partial charge in [-0.3, -0.25) is 4.68 Å². The van der Waals surface area contributed by atoms with E-state index in [4.69, 9.17) is 14.7 Å². The van der Waals surface area contributed by atoms with E-state index in [0.29, 0.717) is 11.8 Å². The van der Waals surface area contributed by atoms with Gasteiger partial charge in [-0.25, -0.2) is 4.98 Å². The second kappa shape index (κ2) is 6.56. The molecule has 9 heteroatoms. The lowest BCUT2D eigenvalue weighted by molar-refractivity contribution is 0.121. The predicted molar refractivity (Wildman–Crippen MR) is 99.8 cm³/mol. The lowest BCUT2D eigenvalue weighted by atomic mass is 10.3. The van der Waals surface area contributed by atoms with E-state index < -0.39 is 0 Å². The third-order valence-electron chi connectivity index (χ3n) is 4.69. The zero-order chi connectivity index (χ0) is 18.3. The summed E-state index contributed by atoms with van der Waals surface area (Å²) < 4.78 is 9.30. The summed E-state index contributed by atoms with van der Waals surface area (Å²) in [5.74, 6) is 1.39. The molecule has 1 fully saturated rings. The fourth-order valence-electron chi connectivity index (χ4n) is 3.24. The Morgan fingerprint density at radius 1 is 1.31 bits per heavy atom. The van der Waals surface area contributed by atoms with Crippen molar-refractivity contribution in [2.75, 3.05) is 30.4 Å². The molecule has 1 aliphatic heterocycles. The lowest BCUT2D eigenvalue weighted by Crippen LogP contribution is -2.24. The van der Waals surface area contributed by atoms with Crippen molar-refractivity contribution in [1.82, 2.24) is 29.3 Å². The summed E-state index contributed by atoms with van der Waals surface area (Å²) in [4.78, 5) is 16.3. The maximum Gasteiger partial charge on any atom is 0.229 e. The molecule has 0 spiro atoms. The Kier molecular flexibility index (Phi) is 4.23. The molecule has 4 heterocycles. The van der Waals surface area contributed by atoms with Crippen molar-refractivity contribution in [3.63, 3.8) is 0 Å². The number of ether oxygens (including phenoxy) is 1. The molecule has 3 aromatic heterocycles. The zero-order valence-electron chi connectivity index (χ0n) is 15.5. The minimum absolute atomic E-state index is 0.221. The van der Waals surface area contributed by atoms with E-state index in [-0.39, 0.29) is 12.1 Å². The van der Waals surface area contributed by atoms with Gasteiger partial charge < -0.3 is 19.5 Å². The third-order valence-corrected chi connectivity index (χ3v) is 4.69. The van der Waals surface area contributed by atoms with E-state index in [9.17, 15) is 0 Å². The molecule has 0 aromatic carbocycles. The summed E-state index contributed by atoms with van der Waals surface area (Å²) in [6.07, 6.45) is 6.70. The van der Waals surface area contributed by atoms with E-state index >= 15 is 0 Å². The largest absolute Gasteiger partial charge is 0.380 e. The highest BCUT2D eigenvalue weighted by Crippen LogP contribution is 2.28. The number of nitrogens with one attached hydrogen (secondary N) is 1. The second-order valence-electron chi connectivity index (χ2n) is 6.91. The van der Waals surface area contributed by atoms with Crippen molar-refractivity contribution in [3.8, 4) is 0 Å². The Hall–Kier alpha value is -2.68. The van der Waals surface area contributed by atoms with Gasteiger partial charge in [-0.1, -0.05) is 0 Å². The second-order valence-corrected chi connectivity index (χ2v) is 6.91. The first-order chi connectivity index (χ1) is 12.5. The normalized spacial score (nSPS) is 17.6. The highest BCUT2D eigenvalue weighted by atomic mass is 16.5. The number of fused-ring (bicyclic) bond motifs is 1. The molecule has 1 atom stereocenters. The summed E-state index contributed by atoms with van der Waals surface area (Å²) >= 11 is 0. The molecular formula is C17H24N8O. The number of imidazole rings is 1. The molecule has 0 aliphatic carbocycles. The minimum atomic E-state index is 0.221. The summed E-state index contributed by atoms with van der Waals surface area (Å²) in [5, 5.41) is 7.55. The van der Waals surface area contributed by atoms with Crippen molar-refractivity contribution < 1.29 is 4.74 Å². The first kappa shape index (κ1) is 16.8. The Morgan fingerprint density at radius 2 is 2.15 bits per heavy atom. The number of nitrogens with zero attached hydrogens (tertiary/aromatic N) is 7. The van der Waals surface area contributed by atoms with Crippen LogP contribution < -0.4 is 10.2 Å². The monoisotopic (exact) mass is 356 g/mol. The fourth-order valence-corrected chi connectivity index (χ4v) is 3.24. The number of aryl methyl sites for hydroxylation is 1. The number of methoxy groups -OCH3 is 1. The van der Waals surface area contributed by atoms with Crippen LogP contribution in [0, 0.1) is 0 Å². The number of rotatable bonds is 5. The quantitative estimate of drug-likeness (QED) is 0.749. The molecule has 1 N–H and O–H groups in total. The molecule has 0 radical (unpaired) electrons. The molecule has 1 saturated heterocycles.